The van der Waals surface area contributed by atoms with E-state index in [2.05, 4.69) is 9.98 Å². The second kappa shape index (κ2) is 5.50. The van der Waals surface area contributed by atoms with E-state index < -0.39 is 0 Å². The number of aliphatic imine (C=N–C) groups is 1. The van der Waals surface area contributed by atoms with Crippen molar-refractivity contribution < 1.29 is 15.3 Å². The van der Waals surface area contributed by atoms with Crippen LogP contribution in [0.5, 0.6) is 11.5 Å². The number of hydrogen-bond acceptors (Lipinski definition) is 5. The molecule has 2 aromatic carbocycles. The van der Waals surface area contributed by atoms with Crippen molar-refractivity contribution in [2.45, 2.75) is 6.61 Å². The van der Waals surface area contributed by atoms with E-state index in [4.69, 9.17) is 0 Å². The van der Waals surface area contributed by atoms with Crippen molar-refractivity contribution in [1.29, 1.82) is 0 Å². The zero-order chi connectivity index (χ0) is 15.7. The number of hydrogen-bond donors (Lipinski definition) is 3. The van der Waals surface area contributed by atoms with Crippen molar-refractivity contribution in [1.82, 2.24) is 9.55 Å². The molecule has 0 amide bonds. The number of aromatic nitrogens is 2. The third-order valence-electron chi connectivity index (χ3n) is 3.47. The summed E-state index contributed by atoms with van der Waals surface area (Å²) in [6.07, 6.45) is 1.52. The van der Waals surface area contributed by atoms with Crippen molar-refractivity contribution in [2.24, 2.45) is 12.0 Å². The summed E-state index contributed by atoms with van der Waals surface area (Å²) in [4.78, 5) is 8.64. The molecule has 22 heavy (non-hydrogen) atoms. The second-order valence-electron chi connectivity index (χ2n) is 4.92. The third kappa shape index (κ3) is 2.51. The minimum atomic E-state index is -0.120. The summed E-state index contributed by atoms with van der Waals surface area (Å²) < 4.78 is 1.83. The van der Waals surface area contributed by atoms with Crippen LogP contribution in [-0.2, 0) is 13.7 Å². The lowest BCUT2D eigenvalue weighted by atomic mass is 10.2. The lowest BCUT2D eigenvalue weighted by Crippen LogP contribution is -1.96. The highest BCUT2D eigenvalue weighted by Gasteiger charge is 2.07. The summed E-state index contributed by atoms with van der Waals surface area (Å²) in [5, 5.41) is 28.2. The molecular formula is C16H15N3O3. The average Bonchev–Trinajstić information content (AvgIpc) is 2.82. The fourth-order valence-electron chi connectivity index (χ4n) is 2.25. The smallest absolute Gasteiger partial charge is 0.135 e. The maximum absolute atomic E-state index is 9.72. The first-order chi connectivity index (χ1) is 10.6. The standard InChI is InChI=1S/C16H15N3O3/c1-19-14-5-3-11(6-13(14)18-16(19)9-20)17-8-10-2-4-12(21)7-15(10)22/h2-8,20-22H,9H2,1H3. The summed E-state index contributed by atoms with van der Waals surface area (Å²) in [5.41, 5.74) is 2.85. The molecule has 0 aliphatic rings. The number of aliphatic hydroxyl groups excluding tert-OH is 1. The van der Waals surface area contributed by atoms with Crippen LogP contribution in [-0.4, -0.2) is 31.1 Å². The van der Waals surface area contributed by atoms with Gasteiger partial charge >= 0.3 is 0 Å². The number of phenolic OH excluding ortho intramolecular Hbond substituents is 2. The quantitative estimate of drug-likeness (QED) is 0.646. The topological polar surface area (TPSA) is 90.9 Å². The molecule has 0 radical (unpaired) electrons. The normalized spacial score (nSPS) is 11.5. The van der Waals surface area contributed by atoms with Gasteiger partial charge in [-0.1, -0.05) is 0 Å². The van der Waals surface area contributed by atoms with Crippen molar-refractivity contribution in [2.75, 3.05) is 0 Å². The Morgan fingerprint density at radius 3 is 2.73 bits per heavy atom. The monoisotopic (exact) mass is 297 g/mol. The van der Waals surface area contributed by atoms with Crippen LogP contribution in [0.15, 0.2) is 41.4 Å². The zero-order valence-electron chi connectivity index (χ0n) is 11.9. The van der Waals surface area contributed by atoms with E-state index in [0.29, 0.717) is 17.1 Å². The number of phenols is 2. The Balaban J connectivity index is 1.95. The lowest BCUT2D eigenvalue weighted by Gasteiger charge is -2.00. The second-order valence-corrected chi connectivity index (χ2v) is 4.92. The van der Waals surface area contributed by atoms with Crippen LogP contribution in [0.25, 0.3) is 11.0 Å². The average molecular weight is 297 g/mol. The molecule has 0 bridgehead atoms. The Morgan fingerprint density at radius 1 is 1.18 bits per heavy atom. The predicted octanol–water partition coefficient (Wildman–Crippen LogP) is 2.23. The van der Waals surface area contributed by atoms with E-state index in [-0.39, 0.29) is 18.1 Å². The van der Waals surface area contributed by atoms with Crippen molar-refractivity contribution in [3.63, 3.8) is 0 Å². The largest absolute Gasteiger partial charge is 0.508 e. The van der Waals surface area contributed by atoms with E-state index >= 15 is 0 Å². The van der Waals surface area contributed by atoms with E-state index in [9.17, 15) is 15.3 Å². The molecule has 3 aromatic rings. The molecule has 1 heterocycles. The van der Waals surface area contributed by atoms with Gasteiger partial charge in [0, 0.05) is 24.9 Å². The summed E-state index contributed by atoms with van der Waals surface area (Å²) in [6, 6.07) is 9.84. The number of fused-ring (bicyclic) bond motifs is 1. The van der Waals surface area contributed by atoms with E-state index in [0.717, 1.165) is 11.0 Å². The van der Waals surface area contributed by atoms with Crippen molar-refractivity contribution >= 4 is 22.9 Å². The Bertz CT molecular complexity index is 868. The maximum atomic E-state index is 9.72. The number of imidazole rings is 1. The van der Waals surface area contributed by atoms with Gasteiger partial charge in [0.15, 0.2) is 0 Å². The first-order valence-corrected chi connectivity index (χ1v) is 6.71. The molecule has 0 unspecified atom stereocenters. The van der Waals surface area contributed by atoms with Crippen LogP contribution in [0.1, 0.15) is 11.4 Å². The predicted molar refractivity (Wildman–Crippen MR) is 83.7 cm³/mol. The molecule has 6 heteroatoms. The SMILES string of the molecule is Cn1c(CO)nc2cc(N=Cc3ccc(O)cc3O)ccc21. The molecule has 0 saturated heterocycles. The molecule has 6 nitrogen and oxygen atoms in total. The maximum Gasteiger partial charge on any atom is 0.135 e. The van der Waals surface area contributed by atoms with Gasteiger partial charge in [0.25, 0.3) is 0 Å². The van der Waals surface area contributed by atoms with Gasteiger partial charge in [-0.25, -0.2) is 4.98 Å². The van der Waals surface area contributed by atoms with E-state index in [1.54, 1.807) is 6.07 Å². The Hall–Kier alpha value is -2.86. The molecule has 0 fully saturated rings. The first-order valence-electron chi connectivity index (χ1n) is 6.71. The molecular weight excluding hydrogens is 282 g/mol. The van der Waals surface area contributed by atoms with E-state index in [1.165, 1.54) is 18.3 Å². The van der Waals surface area contributed by atoms with Crippen LogP contribution in [0.3, 0.4) is 0 Å². The number of aromatic hydroxyl groups is 2. The minimum absolute atomic E-state index is 0.00101. The summed E-state index contributed by atoms with van der Waals surface area (Å²) in [7, 11) is 1.85. The van der Waals surface area contributed by atoms with Gasteiger partial charge in [-0.2, -0.15) is 0 Å². The zero-order valence-corrected chi connectivity index (χ0v) is 11.9. The molecule has 0 spiro atoms. The molecule has 3 rings (SSSR count). The molecule has 0 aliphatic carbocycles. The number of benzene rings is 2. The van der Waals surface area contributed by atoms with Gasteiger partial charge in [-0.15, -0.1) is 0 Å². The highest BCUT2D eigenvalue weighted by atomic mass is 16.3. The van der Waals surface area contributed by atoms with Crippen molar-refractivity contribution in [3.05, 3.63) is 47.8 Å². The van der Waals surface area contributed by atoms with Gasteiger partial charge in [-0.05, 0) is 30.3 Å². The lowest BCUT2D eigenvalue weighted by molar-refractivity contribution is 0.268. The first kappa shape index (κ1) is 14.1. The molecule has 0 atom stereocenters. The van der Waals surface area contributed by atoms with Crippen LogP contribution in [0.2, 0.25) is 0 Å². The minimum Gasteiger partial charge on any atom is -0.508 e. The van der Waals surface area contributed by atoms with Crippen LogP contribution >= 0.6 is 0 Å². The Labute approximate surface area is 126 Å². The number of aliphatic hydroxyl groups is 1. The highest BCUT2D eigenvalue weighted by molar-refractivity contribution is 5.87. The molecule has 0 aliphatic heterocycles. The molecule has 112 valence electrons. The fourth-order valence-corrected chi connectivity index (χ4v) is 2.25. The highest BCUT2D eigenvalue weighted by Crippen LogP contribution is 2.24. The van der Waals surface area contributed by atoms with Gasteiger partial charge in [0.05, 0.1) is 16.7 Å². The molecule has 3 N–H and O–H groups in total. The van der Waals surface area contributed by atoms with Crippen LogP contribution in [0.4, 0.5) is 5.69 Å². The summed E-state index contributed by atoms with van der Waals surface area (Å²) in [5.74, 6) is 0.554. The fraction of sp³-hybridized carbons (Fsp3) is 0.125. The van der Waals surface area contributed by atoms with Gasteiger partial charge in [0.2, 0.25) is 0 Å². The van der Waals surface area contributed by atoms with Gasteiger partial charge in [-0.3, -0.25) is 4.99 Å². The molecule has 1 aromatic heterocycles. The van der Waals surface area contributed by atoms with Gasteiger partial charge in [0.1, 0.15) is 23.9 Å². The molecule has 0 saturated carbocycles. The summed E-state index contributed by atoms with van der Waals surface area (Å²) >= 11 is 0. The number of aryl methyl sites for hydroxylation is 1. The third-order valence-corrected chi connectivity index (χ3v) is 3.47. The van der Waals surface area contributed by atoms with Gasteiger partial charge < -0.3 is 19.9 Å². The Kier molecular flexibility index (Phi) is 3.52. The van der Waals surface area contributed by atoms with E-state index in [1.807, 2.05) is 29.8 Å². The number of rotatable bonds is 3. The van der Waals surface area contributed by atoms with Crippen LogP contribution in [0, 0.1) is 0 Å². The summed E-state index contributed by atoms with van der Waals surface area (Å²) in [6.45, 7) is -0.120. The van der Waals surface area contributed by atoms with Crippen LogP contribution < -0.4 is 0 Å². The number of nitrogens with zero attached hydrogens (tertiary/aromatic N) is 3. The van der Waals surface area contributed by atoms with Crippen molar-refractivity contribution in [3.8, 4) is 11.5 Å². The Morgan fingerprint density at radius 2 is 2.00 bits per heavy atom.